The van der Waals surface area contributed by atoms with E-state index in [1.54, 1.807) is 12.1 Å². The average Bonchev–Trinajstić information content (AvgIpc) is 3.50. The Kier molecular flexibility index (Phi) is 4.84. The van der Waals surface area contributed by atoms with Crippen molar-refractivity contribution in [1.82, 2.24) is 15.3 Å². The summed E-state index contributed by atoms with van der Waals surface area (Å²) in [4.78, 5) is 24.1. The quantitative estimate of drug-likeness (QED) is 0.634. The Morgan fingerprint density at radius 1 is 1.12 bits per heavy atom. The van der Waals surface area contributed by atoms with E-state index in [2.05, 4.69) is 15.2 Å². The maximum Gasteiger partial charge on any atom is 0.253 e. The number of nitriles is 1. The number of nitrogens with zero attached hydrogens (tertiary/aromatic N) is 4. The summed E-state index contributed by atoms with van der Waals surface area (Å²) in [5.74, 6) is 0.308. The van der Waals surface area contributed by atoms with Gasteiger partial charge >= 0.3 is 0 Å². The van der Waals surface area contributed by atoms with Gasteiger partial charge in [0, 0.05) is 19.3 Å². The maximum absolute atomic E-state index is 14.7. The Morgan fingerprint density at radius 2 is 1.94 bits per heavy atom. The normalized spacial score (nSPS) is 17.9. The molecule has 0 bridgehead atoms. The van der Waals surface area contributed by atoms with Crippen molar-refractivity contribution in [3.8, 4) is 17.3 Å². The molecular formula is C27H24FN5O. The minimum atomic E-state index is -0.504. The molecule has 1 N–H and O–H groups in total. The molecule has 1 saturated carbocycles. The molecule has 1 aromatic carbocycles. The Hall–Kier alpha value is -3.79. The van der Waals surface area contributed by atoms with Crippen LogP contribution in [-0.2, 0) is 13.0 Å². The lowest BCUT2D eigenvalue weighted by atomic mass is 9.93. The lowest BCUT2D eigenvalue weighted by molar-refractivity contribution is 0.0965. The van der Waals surface area contributed by atoms with E-state index in [0.717, 1.165) is 30.0 Å². The molecule has 3 aromatic rings. The third kappa shape index (κ3) is 3.60. The fraction of sp³-hybridized carbons (Fsp3) is 0.333. The van der Waals surface area contributed by atoms with Crippen LogP contribution in [0, 0.1) is 22.6 Å². The van der Waals surface area contributed by atoms with E-state index in [4.69, 9.17) is 4.98 Å². The number of rotatable bonds is 4. The van der Waals surface area contributed by atoms with Crippen molar-refractivity contribution in [2.45, 2.75) is 38.6 Å². The number of hydrogen-bond donors (Lipinski definition) is 1. The number of fused-ring (bicyclic) bond motifs is 1. The molecule has 7 heteroatoms. The van der Waals surface area contributed by atoms with Crippen LogP contribution in [0.2, 0.25) is 0 Å². The highest BCUT2D eigenvalue weighted by Gasteiger charge is 2.44. The standard InChI is InChI=1S/C27H24FN5O/c28-20-3-1-2-18(14-29)24(20)21-13-19(25-22(32-21)16-31-26(25)34)12-17-4-5-23(30-15-17)33-10-8-27(6-7-27)9-11-33/h1-5,13,15H,6-12,16H2,(H,31,34). The van der Waals surface area contributed by atoms with E-state index >= 15 is 0 Å². The van der Waals surface area contributed by atoms with Crippen molar-refractivity contribution < 1.29 is 9.18 Å². The minimum Gasteiger partial charge on any atom is -0.357 e. The molecule has 1 aliphatic carbocycles. The summed E-state index contributed by atoms with van der Waals surface area (Å²) in [5, 5.41) is 12.3. The summed E-state index contributed by atoms with van der Waals surface area (Å²) < 4.78 is 14.7. The van der Waals surface area contributed by atoms with Gasteiger partial charge in [-0.2, -0.15) is 5.26 Å². The zero-order chi connectivity index (χ0) is 23.3. The van der Waals surface area contributed by atoms with Gasteiger partial charge in [-0.1, -0.05) is 12.1 Å². The fourth-order valence-electron chi connectivity index (χ4n) is 5.27. The molecule has 170 valence electrons. The van der Waals surface area contributed by atoms with Crippen LogP contribution in [0.1, 0.15) is 58.4 Å². The second-order valence-electron chi connectivity index (χ2n) is 9.63. The summed E-state index contributed by atoms with van der Waals surface area (Å²) in [6.45, 7) is 2.40. The summed E-state index contributed by atoms with van der Waals surface area (Å²) in [6.07, 6.45) is 7.58. The lowest BCUT2D eigenvalue weighted by Gasteiger charge is -2.33. The van der Waals surface area contributed by atoms with Gasteiger partial charge in [0.1, 0.15) is 11.6 Å². The predicted molar refractivity (Wildman–Crippen MR) is 126 cm³/mol. The van der Waals surface area contributed by atoms with Crippen LogP contribution in [0.3, 0.4) is 0 Å². The number of amides is 1. The zero-order valence-electron chi connectivity index (χ0n) is 18.8. The minimum absolute atomic E-state index is 0.167. The summed E-state index contributed by atoms with van der Waals surface area (Å²) in [7, 11) is 0. The summed E-state index contributed by atoms with van der Waals surface area (Å²) in [6, 6.07) is 12.3. The van der Waals surface area contributed by atoms with E-state index in [1.165, 1.54) is 37.8 Å². The molecule has 34 heavy (non-hydrogen) atoms. The van der Waals surface area contributed by atoms with Gasteiger partial charge in [-0.05, 0) is 72.9 Å². The number of carbonyl (C=O) groups is 1. The van der Waals surface area contributed by atoms with E-state index in [9.17, 15) is 14.4 Å². The van der Waals surface area contributed by atoms with E-state index in [0.29, 0.717) is 35.3 Å². The van der Waals surface area contributed by atoms with Gasteiger partial charge in [0.15, 0.2) is 0 Å². The van der Waals surface area contributed by atoms with Crippen LogP contribution in [0.25, 0.3) is 11.3 Å². The van der Waals surface area contributed by atoms with Crippen molar-refractivity contribution in [2.24, 2.45) is 5.41 Å². The molecule has 0 radical (unpaired) electrons. The molecule has 2 aromatic heterocycles. The fourth-order valence-corrected chi connectivity index (χ4v) is 5.27. The number of halogens is 1. The van der Waals surface area contributed by atoms with Gasteiger partial charge in [0.25, 0.3) is 5.91 Å². The number of carbonyl (C=O) groups excluding carboxylic acids is 1. The first-order valence-electron chi connectivity index (χ1n) is 11.8. The molecule has 1 spiro atoms. The number of aromatic nitrogens is 2. The molecule has 6 nitrogen and oxygen atoms in total. The number of hydrogen-bond acceptors (Lipinski definition) is 5. The van der Waals surface area contributed by atoms with Crippen molar-refractivity contribution in [2.75, 3.05) is 18.0 Å². The molecule has 4 heterocycles. The predicted octanol–water partition coefficient (Wildman–Crippen LogP) is 4.37. The van der Waals surface area contributed by atoms with Crippen LogP contribution in [0.5, 0.6) is 0 Å². The third-order valence-electron chi connectivity index (χ3n) is 7.52. The van der Waals surface area contributed by atoms with Crippen LogP contribution >= 0.6 is 0 Å². The van der Waals surface area contributed by atoms with E-state index in [1.807, 2.05) is 24.4 Å². The molecule has 1 saturated heterocycles. The second kappa shape index (κ2) is 7.91. The number of benzene rings is 1. The molecule has 0 unspecified atom stereocenters. The molecular weight excluding hydrogens is 429 g/mol. The number of piperidine rings is 1. The number of pyridine rings is 2. The first kappa shape index (κ1) is 20.8. The summed E-state index contributed by atoms with van der Waals surface area (Å²) >= 11 is 0. The molecule has 3 aliphatic rings. The molecule has 6 rings (SSSR count). The van der Waals surface area contributed by atoms with Crippen LogP contribution in [0.15, 0.2) is 42.6 Å². The Labute approximate surface area is 197 Å². The van der Waals surface area contributed by atoms with Gasteiger partial charge in [0.05, 0.1) is 40.7 Å². The third-order valence-corrected chi connectivity index (χ3v) is 7.52. The van der Waals surface area contributed by atoms with Gasteiger partial charge < -0.3 is 10.2 Å². The maximum atomic E-state index is 14.7. The topological polar surface area (TPSA) is 81.9 Å². The van der Waals surface area contributed by atoms with Crippen LogP contribution < -0.4 is 10.2 Å². The first-order valence-corrected chi connectivity index (χ1v) is 11.8. The Balaban J connectivity index is 1.31. The first-order chi connectivity index (χ1) is 16.5. The van der Waals surface area contributed by atoms with Crippen molar-refractivity contribution >= 4 is 11.7 Å². The monoisotopic (exact) mass is 453 g/mol. The van der Waals surface area contributed by atoms with E-state index in [-0.39, 0.29) is 17.0 Å². The highest BCUT2D eigenvalue weighted by molar-refractivity contribution is 5.99. The van der Waals surface area contributed by atoms with Crippen molar-refractivity contribution in [3.63, 3.8) is 0 Å². The highest BCUT2D eigenvalue weighted by atomic mass is 19.1. The highest BCUT2D eigenvalue weighted by Crippen LogP contribution is 2.53. The second-order valence-corrected chi connectivity index (χ2v) is 9.63. The Morgan fingerprint density at radius 3 is 2.65 bits per heavy atom. The summed E-state index contributed by atoms with van der Waals surface area (Å²) in [5.41, 5.74) is 4.21. The van der Waals surface area contributed by atoms with Crippen LogP contribution in [-0.4, -0.2) is 29.0 Å². The molecule has 1 amide bonds. The van der Waals surface area contributed by atoms with Gasteiger partial charge in [-0.3, -0.25) is 4.79 Å². The number of nitrogens with one attached hydrogen (secondary N) is 1. The molecule has 2 fully saturated rings. The van der Waals surface area contributed by atoms with Crippen molar-refractivity contribution in [1.29, 1.82) is 5.26 Å². The molecule has 2 aliphatic heterocycles. The van der Waals surface area contributed by atoms with Crippen molar-refractivity contribution in [3.05, 3.63) is 76.4 Å². The average molecular weight is 454 g/mol. The number of anilines is 1. The van der Waals surface area contributed by atoms with E-state index < -0.39 is 5.82 Å². The smallest absolute Gasteiger partial charge is 0.253 e. The van der Waals surface area contributed by atoms with Gasteiger partial charge in [0.2, 0.25) is 0 Å². The van der Waals surface area contributed by atoms with Gasteiger partial charge in [-0.15, -0.1) is 0 Å². The van der Waals surface area contributed by atoms with Gasteiger partial charge in [-0.25, -0.2) is 14.4 Å². The SMILES string of the molecule is N#Cc1cccc(F)c1-c1cc(Cc2ccc(N3CCC4(CC3)CC4)nc2)c2c(n1)CNC2=O. The molecule has 0 atom stereocenters. The van der Waals surface area contributed by atoms with Crippen LogP contribution in [0.4, 0.5) is 10.2 Å². The lowest BCUT2D eigenvalue weighted by Crippen LogP contribution is -2.34. The largest absolute Gasteiger partial charge is 0.357 e. The Bertz CT molecular complexity index is 1330. The zero-order valence-corrected chi connectivity index (χ0v) is 18.8.